The van der Waals surface area contributed by atoms with Crippen LogP contribution < -0.4 is 19.5 Å². The topological polar surface area (TPSA) is 74.6 Å². The van der Waals surface area contributed by atoms with Crippen molar-refractivity contribution < 1.29 is 19.0 Å². The summed E-state index contributed by atoms with van der Waals surface area (Å²) in [6.45, 7) is 9.27. The molecule has 0 spiro atoms. The second-order valence-corrected chi connectivity index (χ2v) is 10.4. The molecule has 1 aromatic heterocycles. The first-order valence-electron chi connectivity index (χ1n) is 12.9. The molecule has 0 fully saturated rings. The van der Waals surface area contributed by atoms with E-state index in [1.54, 1.807) is 27.5 Å². The molecule has 3 rings (SSSR count). The number of hydrogen-bond acceptors (Lipinski definition) is 5. The van der Waals surface area contributed by atoms with Gasteiger partial charge in [-0.05, 0) is 47.1 Å². The first kappa shape index (κ1) is 28.1. The molecule has 1 atom stereocenters. The van der Waals surface area contributed by atoms with Crippen LogP contribution in [0.1, 0.15) is 76.0 Å². The number of methoxy groups -OCH3 is 3. The van der Waals surface area contributed by atoms with Crippen LogP contribution in [0, 0.1) is 0 Å². The Morgan fingerprint density at radius 1 is 1.03 bits per heavy atom. The Balaban J connectivity index is 1.91. The monoisotopic (exact) mass is 507 g/mol. The highest BCUT2D eigenvalue weighted by atomic mass is 16.5. The van der Waals surface area contributed by atoms with Crippen LogP contribution in [-0.4, -0.2) is 37.0 Å². The average Bonchev–Trinajstić information content (AvgIpc) is 3.38. The van der Waals surface area contributed by atoms with Crippen molar-refractivity contribution in [1.82, 2.24) is 9.78 Å². The third-order valence-electron chi connectivity index (χ3n) is 6.58. The molecule has 0 radical (unpaired) electrons. The van der Waals surface area contributed by atoms with Crippen molar-refractivity contribution in [1.29, 1.82) is 0 Å². The molecule has 1 N–H and O–H groups in total. The van der Waals surface area contributed by atoms with Crippen molar-refractivity contribution in [2.75, 3.05) is 26.6 Å². The Kier molecular flexibility index (Phi) is 9.61. The molecule has 0 saturated carbocycles. The highest BCUT2D eigenvalue weighted by Crippen LogP contribution is 2.41. The molecule has 2 aromatic carbocycles. The Hall–Kier alpha value is -3.48. The lowest BCUT2D eigenvalue weighted by molar-refractivity contribution is -0.116. The number of rotatable bonds is 12. The van der Waals surface area contributed by atoms with Gasteiger partial charge in [0.1, 0.15) is 5.75 Å². The van der Waals surface area contributed by atoms with Crippen molar-refractivity contribution in [3.8, 4) is 17.2 Å². The molecular formula is C30H41N3O4. The zero-order valence-electron chi connectivity index (χ0n) is 23.3. The molecule has 1 amide bonds. The number of ether oxygens (including phenoxy) is 3. The second-order valence-electron chi connectivity index (χ2n) is 10.4. The van der Waals surface area contributed by atoms with E-state index in [0.717, 1.165) is 41.6 Å². The lowest BCUT2D eigenvalue weighted by atomic mass is 9.85. The predicted molar refractivity (Wildman–Crippen MR) is 148 cm³/mol. The lowest BCUT2D eigenvalue weighted by Crippen LogP contribution is -2.21. The van der Waals surface area contributed by atoms with Gasteiger partial charge >= 0.3 is 0 Å². The quantitative estimate of drug-likeness (QED) is 0.301. The lowest BCUT2D eigenvalue weighted by Gasteiger charge is -2.25. The van der Waals surface area contributed by atoms with Gasteiger partial charge < -0.3 is 19.5 Å². The molecule has 37 heavy (non-hydrogen) atoms. The highest BCUT2D eigenvalue weighted by molar-refractivity contribution is 5.92. The largest absolute Gasteiger partial charge is 0.496 e. The first-order valence-corrected chi connectivity index (χ1v) is 12.9. The van der Waals surface area contributed by atoms with Crippen molar-refractivity contribution in [3.63, 3.8) is 0 Å². The van der Waals surface area contributed by atoms with Crippen LogP contribution in [0.5, 0.6) is 17.2 Å². The maximum atomic E-state index is 13.5. The summed E-state index contributed by atoms with van der Waals surface area (Å²) in [5, 5.41) is 7.55. The number of nitrogens with one attached hydrogen (secondary N) is 1. The van der Waals surface area contributed by atoms with Gasteiger partial charge in [-0.25, -0.2) is 0 Å². The van der Waals surface area contributed by atoms with Gasteiger partial charge in [-0.1, -0.05) is 52.7 Å². The Labute approximate surface area is 221 Å². The van der Waals surface area contributed by atoms with Gasteiger partial charge in [-0.15, -0.1) is 0 Å². The molecule has 0 aliphatic heterocycles. The Morgan fingerprint density at radius 2 is 1.73 bits per heavy atom. The fraction of sp³-hybridized carbons (Fsp3) is 0.467. The Bertz CT molecular complexity index is 1170. The molecule has 0 aliphatic rings. The summed E-state index contributed by atoms with van der Waals surface area (Å²) in [6.07, 6.45) is 6.94. The van der Waals surface area contributed by atoms with E-state index < -0.39 is 0 Å². The number of aromatic nitrogens is 2. The van der Waals surface area contributed by atoms with Crippen LogP contribution >= 0.6 is 0 Å². The fourth-order valence-corrected chi connectivity index (χ4v) is 4.64. The van der Waals surface area contributed by atoms with Crippen LogP contribution in [0.25, 0.3) is 0 Å². The smallest absolute Gasteiger partial charge is 0.224 e. The van der Waals surface area contributed by atoms with Crippen LogP contribution in [0.15, 0.2) is 48.8 Å². The van der Waals surface area contributed by atoms with Crippen LogP contribution in [0.4, 0.5) is 5.69 Å². The van der Waals surface area contributed by atoms with Crippen molar-refractivity contribution in [3.05, 3.63) is 65.5 Å². The van der Waals surface area contributed by atoms with Gasteiger partial charge in [0, 0.05) is 36.1 Å². The van der Waals surface area contributed by atoms with E-state index in [-0.39, 0.29) is 17.2 Å². The average molecular weight is 508 g/mol. The number of unbranched alkanes of at least 4 members (excludes halogenated alkanes) is 1. The van der Waals surface area contributed by atoms with Gasteiger partial charge in [0.05, 0.1) is 27.9 Å². The standard InChI is InChI=1S/C30H41N3O4/c1-8-9-11-22(23-18-27(36-6)28(37-7)19-26(23)35-5)17-29(34)32-25-16-21(20-33-15-10-14-31-33)12-13-24(25)30(2,3)4/h10,12-16,18-19,22H,8-9,11,17,20H2,1-7H3,(H,32,34). The molecule has 1 heterocycles. The first-order chi connectivity index (χ1) is 17.7. The molecule has 0 aliphatic carbocycles. The molecule has 1 unspecified atom stereocenters. The number of benzene rings is 2. The van der Waals surface area contributed by atoms with E-state index in [2.05, 4.69) is 56.3 Å². The summed E-state index contributed by atoms with van der Waals surface area (Å²) in [6, 6.07) is 12.0. The summed E-state index contributed by atoms with van der Waals surface area (Å²) >= 11 is 0. The fourth-order valence-electron chi connectivity index (χ4n) is 4.64. The van der Waals surface area contributed by atoms with Crippen molar-refractivity contribution in [2.45, 2.75) is 71.3 Å². The second kappa shape index (κ2) is 12.7. The maximum Gasteiger partial charge on any atom is 0.224 e. The van der Waals surface area contributed by atoms with Gasteiger partial charge in [0.15, 0.2) is 11.5 Å². The van der Waals surface area contributed by atoms with Crippen molar-refractivity contribution in [2.24, 2.45) is 0 Å². The number of hydrogen-bond donors (Lipinski definition) is 1. The minimum atomic E-state index is -0.124. The van der Waals surface area contributed by atoms with E-state index >= 15 is 0 Å². The number of anilines is 1. The zero-order valence-corrected chi connectivity index (χ0v) is 23.3. The Morgan fingerprint density at radius 3 is 2.32 bits per heavy atom. The summed E-state index contributed by atoms with van der Waals surface area (Å²) in [4.78, 5) is 13.5. The van der Waals surface area contributed by atoms with Crippen LogP contribution in [-0.2, 0) is 16.8 Å². The summed E-state index contributed by atoms with van der Waals surface area (Å²) in [5.74, 6) is 1.87. The molecule has 7 heteroatoms. The third kappa shape index (κ3) is 7.28. The van der Waals surface area contributed by atoms with Crippen LogP contribution in [0.3, 0.4) is 0 Å². The SMILES string of the molecule is CCCCC(CC(=O)Nc1cc(Cn2cccn2)ccc1C(C)(C)C)c1cc(OC)c(OC)cc1OC. The van der Waals surface area contributed by atoms with E-state index in [1.807, 2.05) is 29.1 Å². The van der Waals surface area contributed by atoms with Gasteiger partial charge in [0.2, 0.25) is 5.91 Å². The molecule has 3 aromatic rings. The van der Waals surface area contributed by atoms with E-state index in [9.17, 15) is 4.79 Å². The molecule has 0 bridgehead atoms. The molecular weight excluding hydrogens is 466 g/mol. The maximum absolute atomic E-state index is 13.5. The molecule has 0 saturated heterocycles. The molecule has 200 valence electrons. The van der Waals surface area contributed by atoms with Gasteiger partial charge in [-0.2, -0.15) is 5.10 Å². The summed E-state index contributed by atoms with van der Waals surface area (Å²) in [5.41, 5.74) is 3.85. The van der Waals surface area contributed by atoms with E-state index in [0.29, 0.717) is 30.2 Å². The highest BCUT2D eigenvalue weighted by Gasteiger charge is 2.24. The van der Waals surface area contributed by atoms with Crippen LogP contribution in [0.2, 0.25) is 0 Å². The number of nitrogens with zero attached hydrogens (tertiary/aromatic N) is 2. The minimum Gasteiger partial charge on any atom is -0.496 e. The van der Waals surface area contributed by atoms with E-state index in [4.69, 9.17) is 14.2 Å². The molecule has 7 nitrogen and oxygen atoms in total. The predicted octanol–water partition coefficient (Wildman–Crippen LogP) is 6.56. The third-order valence-corrected chi connectivity index (χ3v) is 6.58. The van der Waals surface area contributed by atoms with Crippen molar-refractivity contribution >= 4 is 11.6 Å². The normalized spacial score (nSPS) is 12.2. The van der Waals surface area contributed by atoms with Gasteiger partial charge in [0.25, 0.3) is 0 Å². The number of amides is 1. The van der Waals surface area contributed by atoms with E-state index in [1.165, 1.54) is 0 Å². The van der Waals surface area contributed by atoms with Gasteiger partial charge in [-0.3, -0.25) is 9.48 Å². The zero-order chi connectivity index (χ0) is 27.0. The minimum absolute atomic E-state index is 0.0277. The number of carbonyl (C=O) groups is 1. The number of carbonyl (C=O) groups excluding carboxylic acids is 1. The summed E-state index contributed by atoms with van der Waals surface area (Å²) < 4.78 is 18.6. The summed E-state index contributed by atoms with van der Waals surface area (Å²) in [7, 11) is 4.86.